The summed E-state index contributed by atoms with van der Waals surface area (Å²) in [5.41, 5.74) is -18.6. The molecule has 1 fully saturated rings. The van der Waals surface area contributed by atoms with Gasteiger partial charge in [-0.2, -0.15) is 192 Å². The fraction of sp³-hybridized carbons (Fsp3) is 0.483. The van der Waals surface area contributed by atoms with E-state index in [1.807, 2.05) is 0 Å². The number of halogens is 36. The van der Waals surface area contributed by atoms with Crippen molar-refractivity contribution in [2.24, 2.45) is 0 Å². The van der Waals surface area contributed by atoms with Crippen molar-refractivity contribution in [2.75, 3.05) is 19.1 Å². The molecule has 3 aliphatic rings. The molecule has 2 unspecified atom stereocenters. The van der Waals surface area contributed by atoms with Gasteiger partial charge in [0.1, 0.15) is 12.2 Å². The van der Waals surface area contributed by atoms with Gasteiger partial charge in [0.25, 0.3) is 0 Å². The molecule has 0 N–H and O–H groups in total. The highest BCUT2D eigenvalue weighted by atomic mass is 32.2. The van der Waals surface area contributed by atoms with Gasteiger partial charge in [0.2, 0.25) is 0 Å². The molecule has 15 nitrogen and oxygen atoms in total. The molecule has 0 saturated carbocycles. The highest BCUT2D eigenvalue weighted by Gasteiger charge is 2.90. The summed E-state index contributed by atoms with van der Waals surface area (Å²) in [6.07, 6.45) is -39.0. The van der Waals surface area contributed by atoms with Crippen LogP contribution in [-0.2, 0) is 74.9 Å². The Morgan fingerprint density at radius 2 is 0.602 bits per heavy atom. The van der Waals surface area contributed by atoms with Gasteiger partial charge in [0.05, 0.1) is 12.1 Å². The summed E-state index contributed by atoms with van der Waals surface area (Å²) < 4.78 is 669. The number of hydrogen-bond acceptors (Lipinski definition) is 15. The Kier molecular flexibility index (Phi) is 21.4. The summed E-state index contributed by atoms with van der Waals surface area (Å²) >= 11 is 0. The van der Waals surface area contributed by atoms with Gasteiger partial charge in [-0.15, -0.1) is 0 Å². The first-order chi connectivity index (χ1) is 50.2. The fourth-order valence-corrected chi connectivity index (χ4v) is 16.0. The lowest BCUT2D eigenvalue weighted by Gasteiger charge is -2.49. The van der Waals surface area contributed by atoms with Crippen LogP contribution >= 0.6 is 0 Å². The Hall–Kier alpha value is -7.38. The molecule has 113 heavy (non-hydrogen) atoms. The van der Waals surface area contributed by atoms with Crippen LogP contribution in [0.25, 0.3) is 33.7 Å². The number of hydrogen-bond donors (Lipinski definition) is 0. The van der Waals surface area contributed by atoms with Crippen LogP contribution in [0.15, 0.2) is 97.1 Å². The molecule has 1 saturated heterocycles. The van der Waals surface area contributed by atoms with Gasteiger partial charge in [-0.1, -0.05) is 93.6 Å². The van der Waals surface area contributed by atoms with Crippen LogP contribution in [0.1, 0.15) is 48.6 Å². The van der Waals surface area contributed by atoms with E-state index in [2.05, 4.69) is 8.37 Å². The molecule has 8 rings (SSSR count). The second kappa shape index (κ2) is 26.6. The first-order valence-corrected chi connectivity index (χ1v) is 34.9. The van der Waals surface area contributed by atoms with E-state index < -0.39 is 248 Å². The van der Waals surface area contributed by atoms with Crippen LogP contribution < -0.4 is 13.3 Å². The van der Waals surface area contributed by atoms with Gasteiger partial charge in [0, 0.05) is 41.8 Å². The van der Waals surface area contributed by atoms with Crippen LogP contribution in [0.5, 0.6) is 11.5 Å². The van der Waals surface area contributed by atoms with Crippen molar-refractivity contribution in [2.45, 2.75) is 155 Å². The summed E-state index contributed by atoms with van der Waals surface area (Å²) in [4.78, 5) is -0.230. The molecule has 0 aromatic heterocycles. The predicted octanol–water partition coefficient (Wildman–Crippen LogP) is 17.5. The van der Waals surface area contributed by atoms with Crippen LogP contribution in [0.3, 0.4) is 0 Å². The molecule has 0 bridgehead atoms. The van der Waals surface area contributed by atoms with Gasteiger partial charge in [-0.05, 0) is 69.3 Å². The van der Waals surface area contributed by atoms with E-state index in [-0.39, 0.29) is 73.3 Å². The minimum absolute atomic E-state index is 0.00995. The lowest BCUT2D eigenvalue weighted by molar-refractivity contribution is -0.383. The summed E-state index contributed by atoms with van der Waals surface area (Å²) in [5.74, 6) is -71.1. The Bertz CT molecular complexity index is 4830. The van der Waals surface area contributed by atoms with Crippen molar-refractivity contribution in [3.63, 3.8) is 0 Å². The third-order valence-electron chi connectivity index (χ3n) is 17.5. The molecule has 55 heteroatoms. The van der Waals surface area contributed by atoms with Crippen molar-refractivity contribution in [1.29, 1.82) is 0 Å². The topological polar surface area (TPSA) is 195 Å². The number of anilines is 1. The van der Waals surface area contributed by atoms with E-state index in [0.717, 1.165) is 12.1 Å². The van der Waals surface area contributed by atoms with Crippen LogP contribution in [0.2, 0.25) is 0 Å². The minimum Gasteiger partial charge on any atom is -0.377 e. The van der Waals surface area contributed by atoms with Crippen molar-refractivity contribution in [1.82, 2.24) is 0 Å². The SMILES string of the molecule is CO[C@H]1[C@H](OC)[C@@H](C2(OS(=O)(=O)C(F)(F)C(F)(F)C(F)(F)C(F)(F)F)C=Cc3cccc4c(OS(=O)(=O)C(F)(F)C(F)(F)C(F)(F)C(F)(F)F)ccc2c34)N(c2ccc(C(C)(C)C)cc2)[C@@H]1C1(OS(=O)(=O)C(F)(F)C(F)(F)C(F)(F)C(F)(F)F)C=Cc2cccc3c(OS(=O)(=O)C(F)(F)C(F)(F)C(F)(F)C(F)(F)F)ccc1c23. The molecule has 634 valence electrons. The standard InChI is InChI=1S/C58H37F36NO14S4/c1-40(2,3)26-12-14-27(15-13-26)95-38(41(108-112(100,101)57(91,92)49(71,72)45(63,64)53(81,82)83)22-20-24-8-6-10-28-32(18-16-30(41)34(24)28)106-110(96,97)55(87,88)47(67,68)43(59,60)51(75,76)77)36(104-4)37(105-5)39(95)42(109-113(102,103)58(93,94)50(73,74)46(65,66)54(84,85)86)23-21-25-9-7-11-29-33(19-17-31(42)35(25)29)107-111(98,99)56(89,90)48(69,70)44(61,62)52(78,79)80/h6-23,36-39H,1-5H3/t36-,37-,38-,39-,41?,42?/m0/s1. The molecule has 0 radical (unpaired) electrons. The smallest absolute Gasteiger partial charge is 0.377 e. The largest absolute Gasteiger partial charge is 0.460 e. The summed E-state index contributed by atoms with van der Waals surface area (Å²) in [5, 5.41) is -39.2. The number of benzene rings is 5. The minimum atomic E-state index is -8.98. The summed E-state index contributed by atoms with van der Waals surface area (Å²) in [6, 6.07) is -4.77. The first kappa shape index (κ1) is 91.1. The van der Waals surface area contributed by atoms with E-state index in [4.69, 9.17) is 17.8 Å². The molecule has 5 aromatic rings. The fourth-order valence-electron chi connectivity index (χ4n) is 11.9. The third kappa shape index (κ3) is 12.9. The molecule has 2 aliphatic carbocycles. The van der Waals surface area contributed by atoms with E-state index >= 15 is 52.7 Å². The molecule has 0 amide bonds. The van der Waals surface area contributed by atoms with E-state index in [9.17, 15) is 139 Å². The monoisotopic (exact) mass is 1780 g/mol. The number of nitrogens with zero attached hydrogens (tertiary/aromatic N) is 1. The molecule has 6 atom stereocenters. The zero-order chi connectivity index (χ0) is 87.3. The van der Waals surface area contributed by atoms with Gasteiger partial charge in [0.15, 0.2) is 22.7 Å². The number of ether oxygens (including phenoxy) is 2. The number of alkyl halides is 36. The maximum Gasteiger partial charge on any atom is 0.460 e. The second-order valence-corrected chi connectivity index (χ2v) is 31.7. The van der Waals surface area contributed by atoms with Gasteiger partial charge >= 0.3 is 134 Å². The van der Waals surface area contributed by atoms with Gasteiger partial charge in [-0.3, -0.25) is 0 Å². The average molecular weight is 1780 g/mol. The Morgan fingerprint density at radius 1 is 0.336 bits per heavy atom. The number of methoxy groups -OCH3 is 2. The zero-order valence-electron chi connectivity index (χ0n) is 54.6. The molecule has 1 heterocycles. The highest BCUT2D eigenvalue weighted by molar-refractivity contribution is 7.89. The van der Waals surface area contributed by atoms with E-state index in [1.54, 1.807) is 0 Å². The number of rotatable bonds is 25. The lowest BCUT2D eigenvalue weighted by Crippen LogP contribution is -2.66. The Balaban J connectivity index is 1.60. The Labute approximate surface area is 606 Å². The first-order valence-electron chi connectivity index (χ1n) is 29.2. The lowest BCUT2D eigenvalue weighted by atomic mass is 9.76. The molecule has 5 aromatic carbocycles. The van der Waals surface area contributed by atoms with E-state index in [1.165, 1.54) is 20.8 Å². The Morgan fingerprint density at radius 3 is 0.850 bits per heavy atom. The van der Waals surface area contributed by atoms with Crippen molar-refractivity contribution < 1.29 is 218 Å². The third-order valence-corrected chi connectivity index (χ3v) is 22.9. The second-order valence-electron chi connectivity index (χ2n) is 25.3. The van der Waals surface area contributed by atoms with Gasteiger partial charge in [-0.25, -0.2) is 8.37 Å². The normalized spacial score (nSPS) is 21.7. The zero-order valence-corrected chi connectivity index (χ0v) is 57.9. The molecule has 1 aliphatic heterocycles. The summed E-state index contributed by atoms with van der Waals surface area (Å²) in [6.45, 7) is 3.83. The average Bonchev–Trinajstić information content (AvgIpc) is 1.59. The van der Waals surface area contributed by atoms with E-state index in [0.29, 0.717) is 36.4 Å². The molecular weight excluding hydrogens is 1750 g/mol. The van der Waals surface area contributed by atoms with Crippen molar-refractivity contribution >= 4 is 79.9 Å². The highest BCUT2D eigenvalue weighted by Crippen LogP contribution is 2.65. The maximum atomic E-state index is 16.7. The summed E-state index contributed by atoms with van der Waals surface area (Å²) in [7, 11) is -34.3. The maximum absolute atomic E-state index is 16.7. The molecular formula is C58H37F36NO14S4. The molecule has 0 spiro atoms. The van der Waals surface area contributed by atoms with Gasteiger partial charge < -0.3 is 22.7 Å². The quantitative estimate of drug-likeness (QED) is 0.0395. The van der Waals surface area contributed by atoms with Crippen LogP contribution in [0.4, 0.5) is 164 Å². The van der Waals surface area contributed by atoms with Crippen molar-refractivity contribution in [3.8, 4) is 11.5 Å². The van der Waals surface area contributed by atoms with Crippen LogP contribution in [-0.4, -0.2) is 165 Å². The van der Waals surface area contributed by atoms with Crippen LogP contribution in [0, 0.1) is 0 Å². The predicted molar refractivity (Wildman–Crippen MR) is 309 cm³/mol. The van der Waals surface area contributed by atoms with Crippen molar-refractivity contribution in [3.05, 3.63) is 125 Å².